The summed E-state index contributed by atoms with van der Waals surface area (Å²) < 4.78 is 4.44. The predicted molar refractivity (Wildman–Crippen MR) is 58.9 cm³/mol. The summed E-state index contributed by atoms with van der Waals surface area (Å²) in [5.41, 5.74) is 1.01. The molecule has 86 valence electrons. The Balaban J connectivity index is 2.43. The Bertz CT molecular complexity index is 391. The molecule has 1 N–H and O–H groups in total. The summed E-state index contributed by atoms with van der Waals surface area (Å²) in [6.07, 6.45) is 1.79. The van der Waals surface area contributed by atoms with Gasteiger partial charge in [0.25, 0.3) is 0 Å². The van der Waals surface area contributed by atoms with Crippen LogP contribution in [-0.4, -0.2) is 24.0 Å². The molecular formula is C11H14N2O3. The summed E-state index contributed by atoms with van der Waals surface area (Å²) in [4.78, 5) is 26.2. The first-order chi connectivity index (χ1) is 7.61. The van der Waals surface area contributed by atoms with E-state index in [1.165, 1.54) is 7.11 Å². The molecule has 1 heterocycles. The van der Waals surface area contributed by atoms with Crippen LogP contribution in [0.4, 0.5) is 5.82 Å². The molecule has 1 rings (SSSR count). The van der Waals surface area contributed by atoms with Gasteiger partial charge in [0.05, 0.1) is 13.5 Å². The molecule has 0 saturated carbocycles. The number of carbonyl (C=O) groups excluding carboxylic acids is 2. The summed E-state index contributed by atoms with van der Waals surface area (Å²) in [6.45, 7) is 1.91. The topological polar surface area (TPSA) is 68.3 Å². The second kappa shape index (κ2) is 5.85. The van der Waals surface area contributed by atoms with Crippen molar-refractivity contribution in [1.29, 1.82) is 0 Å². The van der Waals surface area contributed by atoms with Gasteiger partial charge in [-0.2, -0.15) is 0 Å². The van der Waals surface area contributed by atoms with E-state index in [2.05, 4.69) is 15.0 Å². The van der Waals surface area contributed by atoms with Gasteiger partial charge in [0, 0.05) is 12.6 Å². The highest BCUT2D eigenvalue weighted by Crippen LogP contribution is 2.06. The maximum Gasteiger partial charge on any atom is 0.306 e. The van der Waals surface area contributed by atoms with Crippen LogP contribution in [0.1, 0.15) is 18.4 Å². The zero-order valence-electron chi connectivity index (χ0n) is 9.32. The third kappa shape index (κ3) is 4.08. The van der Waals surface area contributed by atoms with Gasteiger partial charge in [-0.15, -0.1) is 0 Å². The summed E-state index contributed by atoms with van der Waals surface area (Å²) in [7, 11) is 1.29. The molecule has 5 nitrogen and oxygen atoms in total. The first-order valence-electron chi connectivity index (χ1n) is 4.91. The molecule has 0 aliphatic heterocycles. The van der Waals surface area contributed by atoms with Crippen LogP contribution in [-0.2, 0) is 14.3 Å². The lowest BCUT2D eigenvalue weighted by molar-refractivity contribution is -0.141. The number of pyridine rings is 1. The molecule has 0 aliphatic carbocycles. The number of aryl methyl sites for hydroxylation is 1. The van der Waals surface area contributed by atoms with E-state index in [1.54, 1.807) is 12.3 Å². The standard InChI is InChI=1S/C11H14N2O3/c1-8-5-6-12-9(7-8)13-10(14)3-4-11(15)16-2/h5-7H,3-4H2,1-2H3,(H,12,13,14). The summed E-state index contributed by atoms with van der Waals surface area (Å²) in [5, 5.41) is 2.60. The fourth-order valence-corrected chi connectivity index (χ4v) is 1.13. The zero-order chi connectivity index (χ0) is 12.0. The molecule has 0 aromatic carbocycles. The van der Waals surface area contributed by atoms with E-state index in [0.29, 0.717) is 5.82 Å². The minimum atomic E-state index is -0.396. The number of carbonyl (C=O) groups is 2. The Morgan fingerprint density at radius 3 is 2.81 bits per heavy atom. The molecule has 0 spiro atoms. The number of aromatic nitrogens is 1. The molecule has 0 aliphatic rings. The summed E-state index contributed by atoms with van der Waals surface area (Å²) in [5.74, 6) is -0.147. The van der Waals surface area contributed by atoms with Gasteiger partial charge >= 0.3 is 5.97 Å². The van der Waals surface area contributed by atoms with E-state index >= 15 is 0 Å². The van der Waals surface area contributed by atoms with Gasteiger partial charge in [0.1, 0.15) is 5.82 Å². The van der Waals surface area contributed by atoms with Gasteiger partial charge in [-0.05, 0) is 24.6 Å². The first-order valence-corrected chi connectivity index (χ1v) is 4.91. The molecule has 1 aromatic rings. The van der Waals surface area contributed by atoms with Crippen molar-refractivity contribution in [2.24, 2.45) is 0 Å². The van der Waals surface area contributed by atoms with Crippen molar-refractivity contribution in [2.45, 2.75) is 19.8 Å². The Labute approximate surface area is 93.8 Å². The van der Waals surface area contributed by atoms with E-state index in [4.69, 9.17) is 0 Å². The number of rotatable bonds is 4. The fourth-order valence-electron chi connectivity index (χ4n) is 1.13. The number of esters is 1. The summed E-state index contributed by atoms with van der Waals surface area (Å²) in [6, 6.07) is 3.60. The number of nitrogens with one attached hydrogen (secondary N) is 1. The van der Waals surface area contributed by atoms with Crippen LogP contribution in [0.15, 0.2) is 18.3 Å². The lowest BCUT2D eigenvalue weighted by Gasteiger charge is -2.04. The fraction of sp³-hybridized carbons (Fsp3) is 0.364. The van der Waals surface area contributed by atoms with Crippen LogP contribution >= 0.6 is 0 Å². The van der Waals surface area contributed by atoms with E-state index in [0.717, 1.165) is 5.56 Å². The number of methoxy groups -OCH3 is 1. The van der Waals surface area contributed by atoms with Crippen LogP contribution in [0.2, 0.25) is 0 Å². The number of nitrogens with zero attached hydrogens (tertiary/aromatic N) is 1. The zero-order valence-corrected chi connectivity index (χ0v) is 9.32. The van der Waals surface area contributed by atoms with Gasteiger partial charge in [-0.1, -0.05) is 0 Å². The number of hydrogen-bond acceptors (Lipinski definition) is 4. The minimum Gasteiger partial charge on any atom is -0.469 e. The average Bonchev–Trinajstić information content (AvgIpc) is 2.26. The highest BCUT2D eigenvalue weighted by Gasteiger charge is 2.07. The molecule has 1 amide bonds. The van der Waals surface area contributed by atoms with E-state index in [-0.39, 0.29) is 18.7 Å². The monoisotopic (exact) mass is 222 g/mol. The molecular weight excluding hydrogens is 208 g/mol. The Morgan fingerprint density at radius 1 is 1.44 bits per heavy atom. The van der Waals surface area contributed by atoms with Gasteiger partial charge in [0.2, 0.25) is 5.91 Å². The van der Waals surface area contributed by atoms with Crippen molar-refractivity contribution >= 4 is 17.7 Å². The number of amides is 1. The second-order valence-electron chi connectivity index (χ2n) is 3.34. The van der Waals surface area contributed by atoms with Gasteiger partial charge < -0.3 is 10.1 Å². The Kier molecular flexibility index (Phi) is 4.44. The van der Waals surface area contributed by atoms with E-state index in [1.807, 2.05) is 13.0 Å². The molecule has 16 heavy (non-hydrogen) atoms. The van der Waals surface area contributed by atoms with Gasteiger partial charge in [-0.3, -0.25) is 9.59 Å². The van der Waals surface area contributed by atoms with Crippen molar-refractivity contribution < 1.29 is 14.3 Å². The van der Waals surface area contributed by atoms with E-state index < -0.39 is 5.97 Å². The largest absolute Gasteiger partial charge is 0.469 e. The smallest absolute Gasteiger partial charge is 0.306 e. The number of hydrogen-bond donors (Lipinski definition) is 1. The molecule has 5 heteroatoms. The molecule has 0 unspecified atom stereocenters. The van der Waals surface area contributed by atoms with Crippen molar-refractivity contribution in [1.82, 2.24) is 4.98 Å². The Morgan fingerprint density at radius 2 is 2.19 bits per heavy atom. The number of anilines is 1. The molecule has 0 saturated heterocycles. The third-order valence-corrected chi connectivity index (χ3v) is 1.97. The predicted octanol–water partition coefficient (Wildman–Crippen LogP) is 1.28. The van der Waals surface area contributed by atoms with Crippen LogP contribution in [0.3, 0.4) is 0 Å². The minimum absolute atomic E-state index is 0.0775. The van der Waals surface area contributed by atoms with Crippen LogP contribution in [0.25, 0.3) is 0 Å². The van der Waals surface area contributed by atoms with Crippen molar-refractivity contribution in [3.63, 3.8) is 0 Å². The maximum atomic E-state index is 11.4. The second-order valence-corrected chi connectivity index (χ2v) is 3.34. The maximum absolute atomic E-state index is 11.4. The van der Waals surface area contributed by atoms with Crippen molar-refractivity contribution in [3.8, 4) is 0 Å². The first kappa shape index (κ1) is 12.2. The number of ether oxygens (including phenoxy) is 1. The van der Waals surface area contributed by atoms with Crippen molar-refractivity contribution in [3.05, 3.63) is 23.9 Å². The highest BCUT2D eigenvalue weighted by molar-refractivity contribution is 5.91. The molecule has 0 fully saturated rings. The van der Waals surface area contributed by atoms with Crippen molar-refractivity contribution in [2.75, 3.05) is 12.4 Å². The lowest BCUT2D eigenvalue weighted by Crippen LogP contribution is -2.14. The lowest BCUT2D eigenvalue weighted by atomic mass is 10.3. The summed E-state index contributed by atoms with van der Waals surface area (Å²) >= 11 is 0. The molecule has 1 aromatic heterocycles. The molecule has 0 atom stereocenters. The van der Waals surface area contributed by atoms with Gasteiger partial charge in [-0.25, -0.2) is 4.98 Å². The van der Waals surface area contributed by atoms with Gasteiger partial charge in [0.15, 0.2) is 0 Å². The average molecular weight is 222 g/mol. The third-order valence-electron chi connectivity index (χ3n) is 1.97. The Hall–Kier alpha value is -1.91. The SMILES string of the molecule is COC(=O)CCC(=O)Nc1cc(C)ccn1. The van der Waals surface area contributed by atoms with Crippen LogP contribution in [0.5, 0.6) is 0 Å². The quantitative estimate of drug-likeness (QED) is 0.779. The molecule has 0 radical (unpaired) electrons. The van der Waals surface area contributed by atoms with Crippen LogP contribution in [0, 0.1) is 6.92 Å². The normalized spacial score (nSPS) is 9.62. The molecule has 0 bridgehead atoms. The highest BCUT2D eigenvalue weighted by atomic mass is 16.5. The van der Waals surface area contributed by atoms with Crippen LogP contribution < -0.4 is 5.32 Å². The van der Waals surface area contributed by atoms with E-state index in [9.17, 15) is 9.59 Å².